The van der Waals surface area contributed by atoms with Crippen LogP contribution < -0.4 is 4.90 Å². The molecule has 3 heterocycles. The van der Waals surface area contributed by atoms with Crippen LogP contribution in [0, 0.1) is 5.82 Å². The van der Waals surface area contributed by atoms with Gasteiger partial charge in [-0.15, -0.1) is 0 Å². The number of anilines is 1. The lowest BCUT2D eigenvalue weighted by molar-refractivity contribution is -0.130. The number of aromatic nitrogens is 1. The molecule has 0 N–H and O–H groups in total. The van der Waals surface area contributed by atoms with Crippen molar-refractivity contribution in [2.24, 2.45) is 0 Å². The van der Waals surface area contributed by atoms with E-state index in [1.54, 1.807) is 12.3 Å². The molecule has 1 aromatic heterocycles. The number of likely N-dealkylation sites (tertiary alicyclic amines) is 1. The second-order valence-corrected chi connectivity index (χ2v) is 6.62. The lowest BCUT2D eigenvalue weighted by Gasteiger charge is -2.50. The van der Waals surface area contributed by atoms with Gasteiger partial charge in [0.05, 0.1) is 11.9 Å². The lowest BCUT2D eigenvalue weighted by Crippen LogP contribution is -2.61. The van der Waals surface area contributed by atoms with E-state index in [1.165, 1.54) is 6.20 Å². The Kier molecular flexibility index (Phi) is 4.53. The van der Waals surface area contributed by atoms with E-state index in [0.29, 0.717) is 12.1 Å². The molecule has 0 aromatic carbocycles. The van der Waals surface area contributed by atoms with Gasteiger partial charge in [0.2, 0.25) is 5.91 Å². The third kappa shape index (κ3) is 3.04. The van der Waals surface area contributed by atoms with Crippen LogP contribution in [0.3, 0.4) is 0 Å². The normalized spacial score (nSPS) is 26.7. The topological polar surface area (TPSA) is 39.7 Å². The van der Waals surface area contributed by atoms with E-state index in [1.807, 2.05) is 11.8 Å². The molecule has 2 aliphatic rings. The predicted molar refractivity (Wildman–Crippen MR) is 87.9 cm³/mol. The summed E-state index contributed by atoms with van der Waals surface area (Å²) in [5, 5.41) is 0. The van der Waals surface area contributed by atoms with Crippen LogP contribution in [0.2, 0.25) is 0 Å². The van der Waals surface area contributed by atoms with Gasteiger partial charge in [-0.25, -0.2) is 4.39 Å². The highest BCUT2D eigenvalue weighted by Crippen LogP contribution is 2.34. The van der Waals surface area contributed by atoms with Crippen molar-refractivity contribution in [3.8, 4) is 0 Å². The zero-order chi connectivity index (χ0) is 16.4. The molecule has 1 spiro atoms. The van der Waals surface area contributed by atoms with Gasteiger partial charge in [-0.05, 0) is 32.9 Å². The molecule has 0 aliphatic carbocycles. The molecule has 6 heteroatoms. The maximum atomic E-state index is 14.1. The minimum atomic E-state index is -0.271. The maximum absolute atomic E-state index is 14.1. The first-order valence-electron chi connectivity index (χ1n) is 8.39. The Morgan fingerprint density at radius 1 is 1.30 bits per heavy atom. The van der Waals surface area contributed by atoms with Crippen molar-refractivity contribution < 1.29 is 9.18 Å². The van der Waals surface area contributed by atoms with Crippen LogP contribution in [0.4, 0.5) is 10.1 Å². The molecule has 2 saturated heterocycles. The molecule has 2 aliphatic heterocycles. The summed E-state index contributed by atoms with van der Waals surface area (Å²) in [5.41, 5.74) is 0.559. The first-order valence-corrected chi connectivity index (χ1v) is 8.39. The van der Waals surface area contributed by atoms with Gasteiger partial charge in [0, 0.05) is 50.9 Å². The van der Waals surface area contributed by atoms with Gasteiger partial charge in [0.25, 0.3) is 0 Å². The fraction of sp³-hybridized carbons (Fsp3) is 0.647. The molecular weight excluding hydrogens is 295 g/mol. The maximum Gasteiger partial charge on any atom is 0.222 e. The molecule has 0 bridgehead atoms. The molecule has 2 fully saturated rings. The Bertz CT molecular complexity index is 581. The lowest BCUT2D eigenvalue weighted by atomic mass is 9.86. The Morgan fingerprint density at radius 2 is 2.13 bits per heavy atom. The van der Waals surface area contributed by atoms with Crippen LogP contribution in [0.5, 0.6) is 0 Å². The highest BCUT2D eigenvalue weighted by atomic mass is 19.1. The van der Waals surface area contributed by atoms with Gasteiger partial charge in [0.15, 0.2) is 5.82 Å². The number of halogens is 1. The third-order valence-corrected chi connectivity index (χ3v) is 5.48. The predicted octanol–water partition coefficient (Wildman–Crippen LogP) is 1.74. The summed E-state index contributed by atoms with van der Waals surface area (Å²) in [6, 6.07) is 1.74. The number of pyridine rings is 1. The molecule has 126 valence electrons. The molecule has 1 atom stereocenters. The van der Waals surface area contributed by atoms with Crippen molar-refractivity contribution in [3.63, 3.8) is 0 Å². The molecule has 0 radical (unpaired) electrons. The standard InChI is InChI=1S/C17H25FN4O/c1-3-21-9-7-17(6-4-16(21)23)13-22(11-10-20(17)2)15-5-8-19-12-14(15)18/h5,8,12H,3-4,6-7,9-11,13H2,1-2H3/t17-/m1/s1. The van der Waals surface area contributed by atoms with Crippen molar-refractivity contribution >= 4 is 11.6 Å². The number of likely N-dealkylation sites (N-methyl/N-ethyl adjacent to an activating group) is 1. The van der Waals surface area contributed by atoms with Gasteiger partial charge < -0.3 is 9.80 Å². The quantitative estimate of drug-likeness (QED) is 0.832. The molecule has 0 unspecified atom stereocenters. The zero-order valence-corrected chi connectivity index (χ0v) is 14.0. The van der Waals surface area contributed by atoms with E-state index < -0.39 is 0 Å². The molecule has 23 heavy (non-hydrogen) atoms. The Hall–Kier alpha value is -1.69. The smallest absolute Gasteiger partial charge is 0.222 e. The van der Waals surface area contributed by atoms with E-state index in [0.717, 1.165) is 45.6 Å². The fourth-order valence-corrected chi connectivity index (χ4v) is 3.86. The average molecular weight is 320 g/mol. The molecule has 3 rings (SSSR count). The first-order chi connectivity index (χ1) is 11.1. The third-order valence-electron chi connectivity index (χ3n) is 5.48. The SMILES string of the molecule is CCN1CC[C@]2(CCC1=O)CN(c1ccncc1F)CCN2C. The van der Waals surface area contributed by atoms with E-state index >= 15 is 0 Å². The van der Waals surface area contributed by atoms with Crippen molar-refractivity contribution in [3.05, 3.63) is 24.3 Å². The van der Waals surface area contributed by atoms with Gasteiger partial charge in [-0.3, -0.25) is 14.7 Å². The number of hydrogen-bond donors (Lipinski definition) is 0. The van der Waals surface area contributed by atoms with Crippen LogP contribution in [-0.4, -0.2) is 66.0 Å². The minimum Gasteiger partial charge on any atom is -0.366 e. The summed E-state index contributed by atoms with van der Waals surface area (Å²) in [7, 11) is 2.13. The van der Waals surface area contributed by atoms with Gasteiger partial charge in [-0.2, -0.15) is 0 Å². The second kappa shape index (κ2) is 6.43. The minimum absolute atomic E-state index is 0.0620. The summed E-state index contributed by atoms with van der Waals surface area (Å²) in [4.78, 5) is 22.5. The molecule has 1 aromatic rings. The van der Waals surface area contributed by atoms with E-state index in [2.05, 4.69) is 21.8 Å². The summed E-state index contributed by atoms with van der Waals surface area (Å²) >= 11 is 0. The molecule has 1 amide bonds. The largest absolute Gasteiger partial charge is 0.366 e. The Balaban J connectivity index is 1.83. The van der Waals surface area contributed by atoms with Crippen molar-refractivity contribution in [2.45, 2.75) is 31.7 Å². The Morgan fingerprint density at radius 3 is 2.87 bits per heavy atom. The molecule has 5 nitrogen and oxygen atoms in total. The van der Waals surface area contributed by atoms with Crippen LogP contribution in [0.15, 0.2) is 18.5 Å². The summed E-state index contributed by atoms with van der Waals surface area (Å²) < 4.78 is 14.1. The van der Waals surface area contributed by atoms with Crippen LogP contribution in [-0.2, 0) is 4.79 Å². The zero-order valence-electron chi connectivity index (χ0n) is 14.0. The van der Waals surface area contributed by atoms with Crippen LogP contribution >= 0.6 is 0 Å². The van der Waals surface area contributed by atoms with Crippen molar-refractivity contribution in [2.75, 3.05) is 44.7 Å². The van der Waals surface area contributed by atoms with E-state index in [9.17, 15) is 9.18 Å². The second-order valence-electron chi connectivity index (χ2n) is 6.62. The average Bonchev–Trinajstić information content (AvgIpc) is 2.71. The number of rotatable bonds is 2. The number of amides is 1. The molecular formula is C17H25FN4O. The highest BCUT2D eigenvalue weighted by molar-refractivity contribution is 5.76. The number of hydrogen-bond acceptors (Lipinski definition) is 4. The fourth-order valence-electron chi connectivity index (χ4n) is 3.86. The summed E-state index contributed by atoms with van der Waals surface area (Å²) in [6.45, 7) is 6.01. The summed E-state index contributed by atoms with van der Waals surface area (Å²) in [6.07, 6.45) is 5.26. The first kappa shape index (κ1) is 16.2. The van der Waals surface area contributed by atoms with Crippen molar-refractivity contribution in [1.29, 1.82) is 0 Å². The monoisotopic (exact) mass is 320 g/mol. The van der Waals surface area contributed by atoms with Crippen molar-refractivity contribution in [1.82, 2.24) is 14.8 Å². The van der Waals surface area contributed by atoms with E-state index in [4.69, 9.17) is 0 Å². The highest BCUT2D eigenvalue weighted by Gasteiger charge is 2.42. The number of carbonyl (C=O) groups excluding carboxylic acids is 1. The number of nitrogens with zero attached hydrogens (tertiary/aromatic N) is 4. The summed E-state index contributed by atoms with van der Waals surface area (Å²) in [5.74, 6) is -0.0305. The number of carbonyl (C=O) groups is 1. The van der Waals surface area contributed by atoms with Crippen LogP contribution in [0.1, 0.15) is 26.2 Å². The van der Waals surface area contributed by atoms with Gasteiger partial charge in [0.1, 0.15) is 0 Å². The van der Waals surface area contributed by atoms with Gasteiger partial charge in [-0.1, -0.05) is 0 Å². The molecule has 0 saturated carbocycles. The number of piperazine rings is 1. The van der Waals surface area contributed by atoms with Crippen LogP contribution in [0.25, 0.3) is 0 Å². The van der Waals surface area contributed by atoms with E-state index in [-0.39, 0.29) is 17.3 Å². The Labute approximate surface area is 137 Å². The van der Waals surface area contributed by atoms with Gasteiger partial charge >= 0.3 is 0 Å².